The molecule has 0 saturated carbocycles. The SMILES string of the molecule is Cn1cc(-c2cnc(N)c(C(=O)N[C@@H]3CCN(C(=O)c4ccc(-c5ccc(Oc6ccnc(Cl)c6)cc5)cc4)C3)c2)cn1. The number of hydrogen-bond donors (Lipinski definition) is 2. The first-order valence-electron chi connectivity index (χ1n) is 13.7. The summed E-state index contributed by atoms with van der Waals surface area (Å²) >= 11 is 5.93. The molecule has 216 valence electrons. The highest BCUT2D eigenvalue weighted by molar-refractivity contribution is 6.29. The highest BCUT2D eigenvalue weighted by atomic mass is 35.5. The molecule has 3 aromatic heterocycles. The van der Waals surface area contributed by atoms with Gasteiger partial charge in [0.25, 0.3) is 11.8 Å². The minimum absolute atomic E-state index is 0.0807. The molecule has 0 aliphatic carbocycles. The average Bonchev–Trinajstić information content (AvgIpc) is 3.66. The van der Waals surface area contributed by atoms with Crippen molar-refractivity contribution in [3.63, 3.8) is 0 Å². The zero-order valence-electron chi connectivity index (χ0n) is 23.3. The molecule has 0 radical (unpaired) electrons. The van der Waals surface area contributed by atoms with Crippen molar-refractivity contribution >= 4 is 29.2 Å². The molecule has 4 heterocycles. The molecule has 1 aliphatic rings. The molecule has 2 amide bonds. The monoisotopic (exact) mass is 593 g/mol. The Labute approximate surface area is 253 Å². The topological polar surface area (TPSA) is 128 Å². The van der Waals surface area contributed by atoms with E-state index >= 15 is 0 Å². The van der Waals surface area contributed by atoms with Crippen LogP contribution in [0.1, 0.15) is 27.1 Å². The van der Waals surface area contributed by atoms with E-state index in [4.69, 9.17) is 22.1 Å². The maximum atomic E-state index is 13.2. The Bertz CT molecular complexity index is 1790. The highest BCUT2D eigenvalue weighted by Gasteiger charge is 2.29. The molecule has 0 spiro atoms. The Kier molecular flexibility index (Phi) is 7.76. The molecule has 3 N–H and O–H groups in total. The predicted molar refractivity (Wildman–Crippen MR) is 164 cm³/mol. The summed E-state index contributed by atoms with van der Waals surface area (Å²) in [6, 6.07) is 20.1. The minimum Gasteiger partial charge on any atom is -0.457 e. The largest absolute Gasteiger partial charge is 0.457 e. The molecular weight excluding hydrogens is 566 g/mol. The van der Waals surface area contributed by atoms with Gasteiger partial charge in [-0.1, -0.05) is 35.9 Å². The number of benzene rings is 2. The molecule has 11 heteroatoms. The Hall–Kier alpha value is -5.22. The second kappa shape index (κ2) is 11.9. The lowest BCUT2D eigenvalue weighted by molar-refractivity contribution is 0.0783. The lowest BCUT2D eigenvalue weighted by atomic mass is 10.0. The van der Waals surface area contributed by atoms with E-state index in [-0.39, 0.29) is 23.7 Å². The van der Waals surface area contributed by atoms with Crippen molar-refractivity contribution < 1.29 is 14.3 Å². The molecule has 2 aromatic carbocycles. The Morgan fingerprint density at radius 3 is 2.37 bits per heavy atom. The van der Waals surface area contributed by atoms with Crippen LogP contribution in [0.25, 0.3) is 22.3 Å². The summed E-state index contributed by atoms with van der Waals surface area (Å²) in [4.78, 5) is 36.2. The van der Waals surface area contributed by atoms with E-state index < -0.39 is 0 Å². The Morgan fingerprint density at radius 2 is 1.67 bits per heavy atom. The van der Waals surface area contributed by atoms with Crippen molar-refractivity contribution in [1.29, 1.82) is 0 Å². The summed E-state index contributed by atoms with van der Waals surface area (Å²) in [5.74, 6) is 1.03. The number of nitrogens with zero attached hydrogens (tertiary/aromatic N) is 5. The molecule has 1 aliphatic heterocycles. The number of nitrogens with one attached hydrogen (secondary N) is 1. The molecule has 0 bridgehead atoms. The first kappa shape index (κ1) is 27.9. The number of likely N-dealkylation sites (tertiary alicyclic amines) is 1. The zero-order chi connectivity index (χ0) is 29.9. The van der Waals surface area contributed by atoms with E-state index in [2.05, 4.69) is 20.4 Å². The number of aryl methyl sites for hydroxylation is 1. The fourth-order valence-electron chi connectivity index (χ4n) is 5.00. The third kappa shape index (κ3) is 6.34. The predicted octanol–water partition coefficient (Wildman–Crippen LogP) is 5.22. The molecule has 6 rings (SSSR count). The summed E-state index contributed by atoms with van der Waals surface area (Å²) < 4.78 is 7.51. The molecule has 10 nitrogen and oxygen atoms in total. The van der Waals surface area contributed by atoms with Gasteiger partial charge in [-0.05, 0) is 53.9 Å². The van der Waals surface area contributed by atoms with E-state index in [0.717, 1.165) is 22.3 Å². The van der Waals surface area contributed by atoms with Gasteiger partial charge in [-0.15, -0.1) is 0 Å². The lowest BCUT2D eigenvalue weighted by Crippen LogP contribution is -2.38. The molecule has 0 unspecified atom stereocenters. The number of aromatic nitrogens is 4. The number of pyridine rings is 2. The number of rotatable bonds is 7. The average molecular weight is 594 g/mol. The second-order valence-electron chi connectivity index (χ2n) is 10.3. The van der Waals surface area contributed by atoms with Gasteiger partial charge in [0.2, 0.25) is 0 Å². The lowest BCUT2D eigenvalue weighted by Gasteiger charge is -2.18. The number of carbonyl (C=O) groups excluding carboxylic acids is 2. The first-order valence-corrected chi connectivity index (χ1v) is 14.0. The number of anilines is 1. The van der Waals surface area contributed by atoms with Gasteiger partial charge in [-0.3, -0.25) is 14.3 Å². The van der Waals surface area contributed by atoms with E-state index in [9.17, 15) is 9.59 Å². The molecule has 5 aromatic rings. The fourth-order valence-corrected chi connectivity index (χ4v) is 5.16. The first-order chi connectivity index (χ1) is 20.8. The maximum absolute atomic E-state index is 13.2. The van der Waals surface area contributed by atoms with E-state index in [0.29, 0.717) is 47.3 Å². The summed E-state index contributed by atoms with van der Waals surface area (Å²) in [7, 11) is 1.82. The number of hydrogen-bond acceptors (Lipinski definition) is 7. The second-order valence-corrected chi connectivity index (χ2v) is 10.7. The number of carbonyl (C=O) groups is 2. The van der Waals surface area contributed by atoms with Crippen molar-refractivity contribution in [2.24, 2.45) is 7.05 Å². The van der Waals surface area contributed by atoms with Gasteiger partial charge >= 0.3 is 0 Å². The van der Waals surface area contributed by atoms with Gasteiger partial charge in [0.1, 0.15) is 22.5 Å². The molecule has 43 heavy (non-hydrogen) atoms. The van der Waals surface area contributed by atoms with Crippen LogP contribution in [0.5, 0.6) is 11.5 Å². The quantitative estimate of drug-likeness (QED) is 0.248. The summed E-state index contributed by atoms with van der Waals surface area (Å²) in [6.07, 6.45) is 7.40. The van der Waals surface area contributed by atoms with E-state index in [1.165, 1.54) is 0 Å². The standard InChI is InChI=1S/C32H28ClN7O3/c1-39-18-24(17-37-39)23-14-28(30(34)36-16-23)31(41)38-25-11-13-40(19-25)32(42)22-4-2-20(3-5-22)21-6-8-26(9-7-21)43-27-10-12-35-29(33)15-27/h2-10,12,14-18,25H,11,13,19H2,1H3,(H2,34,36)(H,38,41)/t25-/m1/s1. The van der Waals surface area contributed by atoms with Crippen molar-refractivity contribution in [3.05, 3.63) is 108 Å². The number of nitrogen functional groups attached to an aromatic ring is 1. The van der Waals surface area contributed by atoms with Crippen LogP contribution < -0.4 is 15.8 Å². The molecule has 1 saturated heterocycles. The van der Waals surface area contributed by atoms with Crippen molar-refractivity contribution in [2.75, 3.05) is 18.8 Å². The molecular formula is C32H28ClN7O3. The summed E-state index contributed by atoms with van der Waals surface area (Å²) in [5.41, 5.74) is 10.5. The van der Waals surface area contributed by atoms with E-state index in [1.807, 2.05) is 61.8 Å². The summed E-state index contributed by atoms with van der Waals surface area (Å²) in [6.45, 7) is 0.950. The maximum Gasteiger partial charge on any atom is 0.255 e. The van der Waals surface area contributed by atoms with Gasteiger partial charge in [0, 0.05) is 67.5 Å². The molecule has 1 fully saturated rings. The minimum atomic E-state index is -0.319. The van der Waals surface area contributed by atoms with Gasteiger partial charge < -0.3 is 20.7 Å². The number of ether oxygens (including phenoxy) is 1. The Morgan fingerprint density at radius 1 is 0.930 bits per heavy atom. The van der Waals surface area contributed by atoms with Crippen LogP contribution in [0.15, 0.2) is 91.5 Å². The van der Waals surface area contributed by atoms with Crippen molar-refractivity contribution in [2.45, 2.75) is 12.5 Å². The number of amides is 2. The van der Waals surface area contributed by atoms with Gasteiger partial charge in [-0.25, -0.2) is 9.97 Å². The van der Waals surface area contributed by atoms with Crippen LogP contribution >= 0.6 is 11.6 Å². The highest BCUT2D eigenvalue weighted by Crippen LogP contribution is 2.27. The van der Waals surface area contributed by atoms with Crippen LogP contribution in [0.2, 0.25) is 5.15 Å². The fraction of sp³-hybridized carbons (Fsp3) is 0.156. The van der Waals surface area contributed by atoms with E-state index in [1.54, 1.807) is 46.4 Å². The van der Waals surface area contributed by atoms with Gasteiger partial charge in [0.15, 0.2) is 0 Å². The van der Waals surface area contributed by atoms with Crippen molar-refractivity contribution in [3.8, 4) is 33.8 Å². The van der Waals surface area contributed by atoms with Crippen LogP contribution in [-0.4, -0.2) is 55.6 Å². The van der Waals surface area contributed by atoms with Crippen LogP contribution in [0.4, 0.5) is 5.82 Å². The summed E-state index contributed by atoms with van der Waals surface area (Å²) in [5, 5.41) is 7.55. The van der Waals surface area contributed by atoms with Crippen LogP contribution in [-0.2, 0) is 7.05 Å². The third-order valence-electron chi connectivity index (χ3n) is 7.27. The zero-order valence-corrected chi connectivity index (χ0v) is 24.0. The Balaban J connectivity index is 1.06. The smallest absolute Gasteiger partial charge is 0.255 e. The number of halogens is 1. The normalized spacial score (nSPS) is 14.5. The van der Waals surface area contributed by atoms with Gasteiger partial charge in [0.05, 0.1) is 11.8 Å². The van der Waals surface area contributed by atoms with Crippen LogP contribution in [0, 0.1) is 0 Å². The van der Waals surface area contributed by atoms with Crippen LogP contribution in [0.3, 0.4) is 0 Å². The van der Waals surface area contributed by atoms with Crippen molar-refractivity contribution in [1.82, 2.24) is 30.0 Å². The third-order valence-corrected chi connectivity index (χ3v) is 7.47. The van der Waals surface area contributed by atoms with Gasteiger partial charge in [-0.2, -0.15) is 5.10 Å². The number of nitrogens with two attached hydrogens (primary N) is 1. The molecule has 1 atom stereocenters.